The number of carboxylic acid groups (broad SMARTS) is 1. The molecule has 4 rings (SSSR count). The molecule has 2 amide bonds. The van der Waals surface area contributed by atoms with Crippen molar-refractivity contribution >= 4 is 66.5 Å². The molecule has 0 atom stereocenters. The summed E-state index contributed by atoms with van der Waals surface area (Å²) in [6, 6.07) is 24.2. The van der Waals surface area contributed by atoms with Crippen LogP contribution in [0.5, 0.6) is 0 Å². The Morgan fingerprint density at radius 3 is 1.35 bits per heavy atom. The van der Waals surface area contributed by atoms with Crippen molar-refractivity contribution in [3.63, 3.8) is 0 Å². The van der Waals surface area contributed by atoms with E-state index in [0.29, 0.717) is 19.3 Å². The lowest BCUT2D eigenvalue weighted by molar-refractivity contribution is -0.392. The lowest BCUT2D eigenvalue weighted by Gasteiger charge is -2.19. The normalized spacial score (nSPS) is 11.4. The summed E-state index contributed by atoms with van der Waals surface area (Å²) in [6.07, 6.45) is 1.00. The smallest absolute Gasteiger partial charge is 0.344 e. The Kier molecular flexibility index (Phi) is 14.9. The van der Waals surface area contributed by atoms with Crippen LogP contribution in [-0.2, 0) is 49.1 Å². The van der Waals surface area contributed by atoms with Crippen molar-refractivity contribution in [3.8, 4) is 0 Å². The molecular formula is C37H41N5O11S2. The average Bonchev–Trinajstić information content (AvgIpc) is 3.12. The first-order valence-electron chi connectivity index (χ1n) is 16.9. The average molecular weight is 796 g/mol. The highest BCUT2D eigenvalue weighted by atomic mass is 32.2. The van der Waals surface area contributed by atoms with Gasteiger partial charge in [0, 0.05) is 35.6 Å². The predicted molar refractivity (Wildman–Crippen MR) is 204 cm³/mol. The van der Waals surface area contributed by atoms with Gasteiger partial charge < -0.3 is 15.7 Å². The molecule has 0 aromatic heterocycles. The zero-order chi connectivity index (χ0) is 40.0. The number of carboxylic acids is 1. The summed E-state index contributed by atoms with van der Waals surface area (Å²) < 4.78 is 55.8. The van der Waals surface area contributed by atoms with E-state index >= 15 is 0 Å². The third kappa shape index (κ3) is 14.2. The molecule has 292 valence electrons. The van der Waals surface area contributed by atoms with Crippen molar-refractivity contribution in [3.05, 3.63) is 108 Å². The van der Waals surface area contributed by atoms with Crippen LogP contribution in [-0.4, -0.2) is 63.8 Å². The molecule has 18 heteroatoms. The second-order valence-electron chi connectivity index (χ2n) is 12.4. The van der Waals surface area contributed by atoms with E-state index in [2.05, 4.69) is 20.1 Å². The fourth-order valence-electron chi connectivity index (χ4n) is 4.79. The van der Waals surface area contributed by atoms with Crippen molar-refractivity contribution < 1.29 is 51.0 Å². The lowest BCUT2D eigenvalue weighted by Crippen LogP contribution is -2.39. The number of anilines is 4. The van der Waals surface area contributed by atoms with Crippen molar-refractivity contribution in [1.82, 2.24) is 5.06 Å². The Balaban J connectivity index is 1.35. The summed E-state index contributed by atoms with van der Waals surface area (Å²) in [5, 5.41) is 14.7. The van der Waals surface area contributed by atoms with Gasteiger partial charge in [0.25, 0.3) is 20.0 Å². The van der Waals surface area contributed by atoms with E-state index in [4.69, 9.17) is 15.0 Å². The van der Waals surface area contributed by atoms with Crippen LogP contribution in [0, 0.1) is 13.8 Å². The molecule has 0 spiro atoms. The highest BCUT2D eigenvalue weighted by Gasteiger charge is 2.20. The lowest BCUT2D eigenvalue weighted by atomic mass is 10.1. The number of nitrogens with zero attached hydrogens (tertiary/aromatic N) is 1. The first-order chi connectivity index (χ1) is 26.1. The second kappa shape index (κ2) is 19.5. The van der Waals surface area contributed by atoms with E-state index in [1.54, 1.807) is 24.3 Å². The Morgan fingerprint density at radius 2 is 0.945 bits per heavy atom. The third-order valence-electron chi connectivity index (χ3n) is 7.65. The molecule has 0 aliphatic rings. The first kappa shape index (κ1) is 41.9. The van der Waals surface area contributed by atoms with Crippen LogP contribution in [0.25, 0.3) is 0 Å². The molecule has 0 radical (unpaired) electrons. The minimum Gasteiger partial charge on any atom is -0.481 e. The number of aryl methyl sites for hydroxylation is 2. The first-order valence-corrected chi connectivity index (χ1v) is 19.9. The highest BCUT2D eigenvalue weighted by Crippen LogP contribution is 2.21. The van der Waals surface area contributed by atoms with E-state index < -0.39 is 56.9 Å². The van der Waals surface area contributed by atoms with Gasteiger partial charge in [-0.15, -0.1) is 5.06 Å². The summed E-state index contributed by atoms with van der Waals surface area (Å²) in [7, 11) is -7.71. The standard InChI is InChI=1S/C37H41N5O11S2/c1-26-8-20-32(21-9-26)54(48,49)40-30-16-12-28(13-17-30)38-34(43)24-42(53-52-37(47)7-5-3-4-6-36(45)46)25-35(44)39-29-14-18-31(19-15-29)41-55(50,51)33-22-10-27(2)11-23-33/h8-23,40-41H,3-7,24-25H2,1-2H3,(H,38,43)(H,39,44)(H,45,46). The molecule has 0 saturated carbocycles. The van der Waals surface area contributed by atoms with Gasteiger partial charge in [-0.2, -0.15) is 0 Å². The van der Waals surface area contributed by atoms with Crippen LogP contribution in [0.4, 0.5) is 22.7 Å². The van der Waals surface area contributed by atoms with Crippen molar-refractivity contribution in [2.45, 2.75) is 55.7 Å². The zero-order valence-corrected chi connectivity index (χ0v) is 31.6. The number of hydroxylamine groups is 2. The molecule has 4 aromatic rings. The van der Waals surface area contributed by atoms with Gasteiger partial charge in [0.2, 0.25) is 11.8 Å². The maximum Gasteiger partial charge on any atom is 0.344 e. The highest BCUT2D eigenvalue weighted by molar-refractivity contribution is 7.93. The molecule has 0 unspecified atom stereocenters. The molecule has 0 saturated heterocycles. The van der Waals surface area contributed by atoms with E-state index in [9.17, 15) is 36.0 Å². The van der Waals surface area contributed by atoms with Gasteiger partial charge >= 0.3 is 11.9 Å². The molecule has 16 nitrogen and oxygen atoms in total. The summed E-state index contributed by atoms with van der Waals surface area (Å²) in [5.74, 6) is -3.13. The fraction of sp³-hybridized carbons (Fsp3) is 0.243. The second-order valence-corrected chi connectivity index (χ2v) is 15.7. The molecule has 0 bridgehead atoms. The molecule has 55 heavy (non-hydrogen) atoms. The molecule has 0 heterocycles. The summed E-state index contributed by atoms with van der Waals surface area (Å²) in [6.45, 7) is 2.48. The number of hydrogen-bond donors (Lipinski definition) is 5. The number of sulfonamides is 2. The molecular weight excluding hydrogens is 755 g/mol. The number of rotatable bonds is 20. The van der Waals surface area contributed by atoms with E-state index in [-0.39, 0.29) is 45.4 Å². The number of aliphatic carboxylic acids is 1. The van der Waals surface area contributed by atoms with Crippen LogP contribution in [0.1, 0.15) is 43.2 Å². The molecule has 4 aromatic carbocycles. The van der Waals surface area contributed by atoms with Crippen LogP contribution in [0.3, 0.4) is 0 Å². The molecule has 0 aliphatic carbocycles. The number of hydrogen-bond acceptors (Lipinski definition) is 11. The monoisotopic (exact) mass is 795 g/mol. The third-order valence-corrected chi connectivity index (χ3v) is 10.4. The van der Waals surface area contributed by atoms with Crippen molar-refractivity contribution in [2.75, 3.05) is 33.2 Å². The number of carbonyl (C=O) groups is 4. The fourth-order valence-corrected chi connectivity index (χ4v) is 6.91. The minimum atomic E-state index is -3.85. The van der Waals surface area contributed by atoms with Crippen LogP contribution >= 0.6 is 0 Å². The number of benzene rings is 4. The topological polar surface area (TPSA) is 227 Å². The Bertz CT molecular complexity index is 2030. The van der Waals surface area contributed by atoms with E-state index in [1.165, 1.54) is 72.8 Å². The number of amides is 2. The molecule has 5 N–H and O–H groups in total. The summed E-state index contributed by atoms with van der Waals surface area (Å²) in [5.41, 5.74) is 2.85. The van der Waals surface area contributed by atoms with Crippen molar-refractivity contribution in [2.24, 2.45) is 0 Å². The maximum absolute atomic E-state index is 13.0. The van der Waals surface area contributed by atoms with E-state index in [1.807, 2.05) is 13.8 Å². The molecule has 0 fully saturated rings. The Labute approximate surface area is 318 Å². The van der Waals surface area contributed by atoms with Crippen LogP contribution < -0.4 is 20.1 Å². The van der Waals surface area contributed by atoms with Gasteiger partial charge in [0.05, 0.1) is 9.79 Å². The van der Waals surface area contributed by atoms with Gasteiger partial charge in [-0.25, -0.2) is 21.6 Å². The SMILES string of the molecule is Cc1ccc(S(=O)(=O)Nc2ccc(NC(=O)CN(CC(=O)Nc3ccc(NS(=O)(=O)c4ccc(C)cc4)cc3)OOC(=O)CCCCCC(=O)O)cc2)cc1. The largest absolute Gasteiger partial charge is 0.481 e. The minimum absolute atomic E-state index is 0.0406. The van der Waals surface area contributed by atoms with Crippen LogP contribution in [0.2, 0.25) is 0 Å². The van der Waals surface area contributed by atoms with Crippen molar-refractivity contribution in [1.29, 1.82) is 0 Å². The number of carbonyl (C=O) groups excluding carboxylic acids is 3. The van der Waals surface area contributed by atoms with E-state index in [0.717, 1.165) is 16.2 Å². The quantitative estimate of drug-likeness (QED) is 0.0442. The van der Waals surface area contributed by atoms with Gasteiger partial charge in [0.1, 0.15) is 13.1 Å². The van der Waals surface area contributed by atoms with Gasteiger partial charge in [-0.3, -0.25) is 28.7 Å². The van der Waals surface area contributed by atoms with Gasteiger partial charge in [0.15, 0.2) is 0 Å². The van der Waals surface area contributed by atoms with Gasteiger partial charge in [-0.1, -0.05) is 46.8 Å². The van der Waals surface area contributed by atoms with Crippen LogP contribution in [0.15, 0.2) is 107 Å². The predicted octanol–water partition coefficient (Wildman–Crippen LogP) is 5.21. The maximum atomic E-state index is 13.0. The number of nitrogens with one attached hydrogen (secondary N) is 4. The Hall–Kier alpha value is -5.82. The van der Waals surface area contributed by atoms with Gasteiger partial charge in [-0.05, 0) is 99.5 Å². The summed E-state index contributed by atoms with van der Waals surface area (Å²) in [4.78, 5) is 59.0. The number of unbranched alkanes of at least 4 members (excludes halogenated alkanes) is 2. The Morgan fingerprint density at radius 1 is 0.564 bits per heavy atom. The summed E-state index contributed by atoms with van der Waals surface area (Å²) >= 11 is 0. The zero-order valence-electron chi connectivity index (χ0n) is 30.0. The molecule has 0 aliphatic heterocycles.